The molecule has 0 spiro atoms. The van der Waals surface area contributed by atoms with Gasteiger partial charge in [0.15, 0.2) is 0 Å². The topological polar surface area (TPSA) is 49.4 Å². The molecule has 0 bridgehead atoms. The number of hydrogen-bond acceptors (Lipinski definition) is 2. The van der Waals surface area contributed by atoms with Crippen LogP contribution >= 0.6 is 0 Å². The van der Waals surface area contributed by atoms with Crippen LogP contribution in [0.3, 0.4) is 0 Å². The Morgan fingerprint density at radius 2 is 1.59 bits per heavy atom. The fraction of sp³-hybridized carbons (Fsp3) is 0.391. The van der Waals surface area contributed by atoms with E-state index in [4.69, 9.17) is 0 Å². The summed E-state index contributed by atoms with van der Waals surface area (Å²) in [6, 6.07) is 20.4. The van der Waals surface area contributed by atoms with Crippen molar-refractivity contribution in [2.24, 2.45) is 11.8 Å². The quantitative estimate of drug-likeness (QED) is 0.818. The van der Waals surface area contributed by atoms with Crippen LogP contribution in [0.4, 0.5) is 0 Å². The Kier molecular flexibility index (Phi) is 6.28. The van der Waals surface area contributed by atoms with E-state index in [2.05, 4.69) is 43.4 Å². The lowest BCUT2D eigenvalue weighted by Crippen LogP contribution is -2.36. The molecule has 4 nitrogen and oxygen atoms in total. The number of nitrogens with one attached hydrogen (secondary N) is 1. The van der Waals surface area contributed by atoms with Gasteiger partial charge < -0.3 is 10.2 Å². The van der Waals surface area contributed by atoms with Crippen molar-refractivity contribution in [2.45, 2.75) is 26.2 Å². The van der Waals surface area contributed by atoms with Crippen LogP contribution in [0.25, 0.3) is 0 Å². The highest BCUT2D eigenvalue weighted by Gasteiger charge is 2.34. The molecule has 1 heterocycles. The van der Waals surface area contributed by atoms with E-state index >= 15 is 0 Å². The molecule has 4 heteroatoms. The highest BCUT2D eigenvalue weighted by Crippen LogP contribution is 2.24. The summed E-state index contributed by atoms with van der Waals surface area (Å²) in [4.78, 5) is 26.7. The summed E-state index contributed by atoms with van der Waals surface area (Å²) >= 11 is 0. The van der Waals surface area contributed by atoms with Crippen LogP contribution in [0, 0.1) is 11.8 Å². The van der Waals surface area contributed by atoms with E-state index in [1.54, 1.807) is 0 Å². The van der Waals surface area contributed by atoms with Crippen LogP contribution < -0.4 is 5.32 Å². The standard InChI is InChI=1S/C23H28N2O2/c1-17(2)15-25-16-20(13-22(25)26)23(27)24-14-21(18-9-5-3-6-10-18)19-11-7-4-8-12-19/h3-12,17,20-21H,13-16H2,1-2H3,(H,24,27). The number of amides is 2. The Bertz CT molecular complexity index is 719. The maximum Gasteiger partial charge on any atom is 0.225 e. The Morgan fingerprint density at radius 1 is 1.04 bits per heavy atom. The molecule has 1 atom stereocenters. The SMILES string of the molecule is CC(C)CN1CC(C(=O)NCC(c2ccccc2)c2ccccc2)CC1=O. The molecule has 1 aliphatic heterocycles. The van der Waals surface area contributed by atoms with Crippen LogP contribution in [0.2, 0.25) is 0 Å². The first-order valence-corrected chi connectivity index (χ1v) is 9.70. The Labute approximate surface area is 161 Å². The number of likely N-dealkylation sites (tertiary alicyclic amines) is 1. The van der Waals surface area contributed by atoms with Crippen LogP contribution in [0.1, 0.15) is 37.3 Å². The molecule has 2 aromatic carbocycles. The van der Waals surface area contributed by atoms with E-state index in [1.807, 2.05) is 41.3 Å². The molecule has 27 heavy (non-hydrogen) atoms. The average molecular weight is 364 g/mol. The summed E-state index contributed by atoms with van der Waals surface area (Å²) in [5.74, 6) is 0.331. The summed E-state index contributed by atoms with van der Waals surface area (Å²) in [5.41, 5.74) is 2.35. The molecule has 0 aliphatic carbocycles. The molecule has 1 saturated heterocycles. The van der Waals surface area contributed by atoms with Gasteiger partial charge in [-0.05, 0) is 17.0 Å². The lowest BCUT2D eigenvalue weighted by atomic mass is 9.91. The van der Waals surface area contributed by atoms with E-state index in [9.17, 15) is 9.59 Å². The first-order chi connectivity index (χ1) is 13.0. The van der Waals surface area contributed by atoms with Gasteiger partial charge >= 0.3 is 0 Å². The monoisotopic (exact) mass is 364 g/mol. The Balaban J connectivity index is 1.66. The van der Waals surface area contributed by atoms with Crippen molar-refractivity contribution in [3.05, 3.63) is 71.8 Å². The molecule has 2 amide bonds. The highest BCUT2D eigenvalue weighted by atomic mass is 16.2. The third-order valence-electron chi connectivity index (χ3n) is 5.06. The van der Waals surface area contributed by atoms with Crippen molar-refractivity contribution in [2.75, 3.05) is 19.6 Å². The highest BCUT2D eigenvalue weighted by molar-refractivity contribution is 5.89. The van der Waals surface area contributed by atoms with E-state index in [0.29, 0.717) is 25.4 Å². The van der Waals surface area contributed by atoms with Crippen LogP contribution in [0.15, 0.2) is 60.7 Å². The van der Waals surface area contributed by atoms with Gasteiger partial charge in [0.25, 0.3) is 0 Å². The zero-order chi connectivity index (χ0) is 19.2. The summed E-state index contributed by atoms with van der Waals surface area (Å²) < 4.78 is 0. The van der Waals surface area contributed by atoms with Gasteiger partial charge in [0.2, 0.25) is 11.8 Å². The number of carbonyl (C=O) groups excluding carboxylic acids is 2. The van der Waals surface area contributed by atoms with Gasteiger partial charge in [0.1, 0.15) is 0 Å². The molecular formula is C23H28N2O2. The van der Waals surface area contributed by atoms with Gasteiger partial charge in [0, 0.05) is 32.0 Å². The predicted octanol–water partition coefficient (Wildman–Crippen LogP) is 3.44. The van der Waals surface area contributed by atoms with Crippen molar-refractivity contribution < 1.29 is 9.59 Å². The van der Waals surface area contributed by atoms with Gasteiger partial charge in [-0.25, -0.2) is 0 Å². The van der Waals surface area contributed by atoms with Crippen molar-refractivity contribution in [1.82, 2.24) is 10.2 Å². The first-order valence-electron chi connectivity index (χ1n) is 9.70. The molecule has 1 aliphatic rings. The van der Waals surface area contributed by atoms with Crippen molar-refractivity contribution in [1.29, 1.82) is 0 Å². The van der Waals surface area contributed by atoms with Crippen molar-refractivity contribution in [3.63, 3.8) is 0 Å². The van der Waals surface area contributed by atoms with Gasteiger partial charge in [0.05, 0.1) is 5.92 Å². The second-order valence-electron chi connectivity index (χ2n) is 7.71. The fourth-order valence-electron chi connectivity index (χ4n) is 3.71. The molecule has 1 N–H and O–H groups in total. The third-order valence-corrected chi connectivity index (χ3v) is 5.06. The van der Waals surface area contributed by atoms with E-state index in [0.717, 1.165) is 6.54 Å². The van der Waals surface area contributed by atoms with E-state index in [1.165, 1.54) is 11.1 Å². The fourth-order valence-corrected chi connectivity index (χ4v) is 3.71. The molecule has 2 aromatic rings. The van der Waals surface area contributed by atoms with E-state index < -0.39 is 0 Å². The second-order valence-corrected chi connectivity index (χ2v) is 7.71. The third kappa shape index (κ3) is 4.97. The normalized spacial score (nSPS) is 17.0. The van der Waals surface area contributed by atoms with Crippen molar-refractivity contribution >= 4 is 11.8 Å². The summed E-state index contributed by atoms with van der Waals surface area (Å²) in [6.07, 6.45) is 0.319. The molecule has 0 saturated carbocycles. The molecule has 1 unspecified atom stereocenters. The predicted molar refractivity (Wildman–Crippen MR) is 107 cm³/mol. The minimum absolute atomic E-state index is 0.0218. The maximum atomic E-state index is 12.7. The Hall–Kier alpha value is -2.62. The van der Waals surface area contributed by atoms with Crippen molar-refractivity contribution in [3.8, 4) is 0 Å². The lowest BCUT2D eigenvalue weighted by molar-refractivity contribution is -0.129. The summed E-state index contributed by atoms with van der Waals surface area (Å²) in [7, 11) is 0. The zero-order valence-electron chi connectivity index (χ0n) is 16.1. The Morgan fingerprint density at radius 3 is 2.11 bits per heavy atom. The van der Waals surface area contributed by atoms with E-state index in [-0.39, 0.29) is 23.7 Å². The zero-order valence-corrected chi connectivity index (χ0v) is 16.1. The minimum Gasteiger partial charge on any atom is -0.355 e. The van der Waals surface area contributed by atoms with Gasteiger partial charge in [-0.15, -0.1) is 0 Å². The van der Waals surface area contributed by atoms with Gasteiger partial charge in [-0.2, -0.15) is 0 Å². The van der Waals surface area contributed by atoms with Gasteiger partial charge in [-0.3, -0.25) is 9.59 Å². The second kappa shape index (κ2) is 8.85. The number of carbonyl (C=O) groups is 2. The molecule has 1 fully saturated rings. The number of benzene rings is 2. The average Bonchev–Trinajstić information content (AvgIpc) is 3.03. The molecule has 0 radical (unpaired) electrons. The largest absolute Gasteiger partial charge is 0.355 e. The summed E-state index contributed by atoms with van der Waals surface area (Å²) in [5, 5.41) is 3.10. The van der Waals surface area contributed by atoms with Crippen LogP contribution in [-0.4, -0.2) is 36.3 Å². The van der Waals surface area contributed by atoms with Crippen LogP contribution in [-0.2, 0) is 9.59 Å². The number of hydrogen-bond donors (Lipinski definition) is 1. The smallest absolute Gasteiger partial charge is 0.225 e. The molecular weight excluding hydrogens is 336 g/mol. The molecule has 0 aromatic heterocycles. The molecule has 3 rings (SSSR count). The summed E-state index contributed by atoms with van der Waals surface area (Å²) in [6.45, 7) is 5.96. The first kappa shape index (κ1) is 19.2. The van der Waals surface area contributed by atoms with Crippen LogP contribution in [0.5, 0.6) is 0 Å². The number of nitrogens with zero attached hydrogens (tertiary/aromatic N) is 1. The number of rotatable bonds is 7. The molecule has 142 valence electrons. The van der Waals surface area contributed by atoms with Gasteiger partial charge in [-0.1, -0.05) is 74.5 Å². The lowest BCUT2D eigenvalue weighted by Gasteiger charge is -2.21. The minimum atomic E-state index is -0.247. The maximum absolute atomic E-state index is 12.7.